The smallest absolute Gasteiger partial charge is 0.220 e. The summed E-state index contributed by atoms with van der Waals surface area (Å²) in [4.78, 5) is 17.1. The van der Waals surface area contributed by atoms with E-state index in [1.807, 2.05) is 4.90 Å². The SMILES string of the molecule is CCC(=O)NC1CN(CCCc2ccc(F)nc2)C(CO)C1O. The first-order valence-electron chi connectivity index (χ1n) is 7.98. The summed E-state index contributed by atoms with van der Waals surface area (Å²) in [6.07, 6.45) is 2.64. The van der Waals surface area contributed by atoms with Crippen LogP contribution in [0.3, 0.4) is 0 Å². The van der Waals surface area contributed by atoms with Gasteiger partial charge in [-0.3, -0.25) is 9.69 Å². The van der Waals surface area contributed by atoms with Gasteiger partial charge >= 0.3 is 0 Å². The lowest BCUT2D eigenvalue weighted by molar-refractivity contribution is -0.122. The van der Waals surface area contributed by atoms with E-state index in [-0.39, 0.29) is 24.6 Å². The van der Waals surface area contributed by atoms with E-state index in [9.17, 15) is 19.4 Å². The van der Waals surface area contributed by atoms with Crippen molar-refractivity contribution in [1.82, 2.24) is 15.2 Å². The van der Waals surface area contributed by atoms with Crippen molar-refractivity contribution < 1.29 is 19.4 Å². The van der Waals surface area contributed by atoms with Crippen molar-refractivity contribution in [3.63, 3.8) is 0 Å². The molecule has 2 rings (SSSR count). The molecule has 128 valence electrons. The zero-order valence-electron chi connectivity index (χ0n) is 13.3. The molecule has 1 fully saturated rings. The lowest BCUT2D eigenvalue weighted by Crippen LogP contribution is -2.45. The van der Waals surface area contributed by atoms with Crippen LogP contribution in [-0.4, -0.2) is 63.9 Å². The summed E-state index contributed by atoms with van der Waals surface area (Å²) in [5, 5.41) is 22.5. The summed E-state index contributed by atoms with van der Waals surface area (Å²) in [6.45, 7) is 2.80. The molecular weight excluding hydrogens is 301 g/mol. The third kappa shape index (κ3) is 4.70. The third-order valence-corrected chi connectivity index (χ3v) is 4.26. The third-order valence-electron chi connectivity index (χ3n) is 4.26. The number of aryl methyl sites for hydroxylation is 1. The van der Waals surface area contributed by atoms with Crippen LogP contribution in [0.4, 0.5) is 4.39 Å². The highest BCUT2D eigenvalue weighted by Crippen LogP contribution is 2.19. The highest BCUT2D eigenvalue weighted by molar-refractivity contribution is 5.76. The van der Waals surface area contributed by atoms with E-state index in [2.05, 4.69) is 10.3 Å². The highest BCUT2D eigenvalue weighted by atomic mass is 19.1. The summed E-state index contributed by atoms with van der Waals surface area (Å²) >= 11 is 0. The van der Waals surface area contributed by atoms with Gasteiger partial charge in [0.05, 0.1) is 24.8 Å². The molecule has 7 heteroatoms. The molecule has 0 aliphatic carbocycles. The summed E-state index contributed by atoms with van der Waals surface area (Å²) in [7, 11) is 0. The summed E-state index contributed by atoms with van der Waals surface area (Å²) in [6, 6.07) is 2.31. The number of rotatable bonds is 7. The van der Waals surface area contributed by atoms with Gasteiger partial charge in [-0.05, 0) is 31.0 Å². The second kappa shape index (κ2) is 8.33. The monoisotopic (exact) mass is 325 g/mol. The van der Waals surface area contributed by atoms with Crippen LogP contribution >= 0.6 is 0 Å². The number of hydrogen-bond acceptors (Lipinski definition) is 5. The lowest BCUT2D eigenvalue weighted by Gasteiger charge is -2.23. The average Bonchev–Trinajstić information content (AvgIpc) is 2.84. The number of carbonyl (C=O) groups is 1. The maximum absolute atomic E-state index is 12.8. The first kappa shape index (κ1) is 17.8. The molecule has 0 spiro atoms. The molecule has 0 radical (unpaired) electrons. The number of aromatic nitrogens is 1. The standard InChI is InChI=1S/C16H24FN3O3/c1-2-15(22)19-12-9-20(13(10-21)16(12)23)7-3-4-11-5-6-14(17)18-8-11/h5-6,8,12-13,16,21,23H,2-4,7,9-10H2,1H3,(H,19,22). The predicted octanol–water partition coefficient (Wildman–Crippen LogP) is 0.0855. The molecule has 6 nitrogen and oxygen atoms in total. The van der Waals surface area contributed by atoms with Crippen LogP contribution in [0.25, 0.3) is 0 Å². The van der Waals surface area contributed by atoms with Crippen molar-refractivity contribution >= 4 is 5.91 Å². The number of carbonyl (C=O) groups excluding carboxylic acids is 1. The molecule has 1 aliphatic heterocycles. The molecule has 3 unspecified atom stereocenters. The van der Waals surface area contributed by atoms with Crippen LogP contribution in [0.15, 0.2) is 18.3 Å². The minimum absolute atomic E-state index is 0.107. The first-order valence-corrected chi connectivity index (χ1v) is 7.98. The molecule has 23 heavy (non-hydrogen) atoms. The number of halogens is 1. The van der Waals surface area contributed by atoms with Gasteiger partial charge in [-0.1, -0.05) is 13.0 Å². The number of nitrogens with zero attached hydrogens (tertiary/aromatic N) is 2. The fraction of sp³-hybridized carbons (Fsp3) is 0.625. The number of likely N-dealkylation sites (tertiary alicyclic amines) is 1. The molecule has 1 aromatic rings. The van der Waals surface area contributed by atoms with Crippen LogP contribution in [0.2, 0.25) is 0 Å². The second-order valence-corrected chi connectivity index (χ2v) is 5.86. The molecule has 0 aromatic carbocycles. The minimum atomic E-state index is -0.775. The van der Waals surface area contributed by atoms with E-state index in [1.54, 1.807) is 13.0 Å². The highest BCUT2D eigenvalue weighted by Gasteiger charge is 2.40. The Morgan fingerprint density at radius 2 is 2.30 bits per heavy atom. The molecular formula is C16H24FN3O3. The molecule has 1 aromatic heterocycles. The molecule has 1 aliphatic rings. The predicted molar refractivity (Wildman–Crippen MR) is 83.2 cm³/mol. The number of amides is 1. The van der Waals surface area contributed by atoms with Crippen molar-refractivity contribution in [1.29, 1.82) is 0 Å². The van der Waals surface area contributed by atoms with Crippen molar-refractivity contribution in [2.45, 2.75) is 44.4 Å². The van der Waals surface area contributed by atoms with Gasteiger partial charge in [-0.2, -0.15) is 4.39 Å². The van der Waals surface area contributed by atoms with E-state index in [0.29, 0.717) is 19.5 Å². The first-order chi connectivity index (χ1) is 11.0. The molecule has 1 amide bonds. The van der Waals surface area contributed by atoms with E-state index in [1.165, 1.54) is 12.3 Å². The van der Waals surface area contributed by atoms with Gasteiger partial charge in [0.1, 0.15) is 0 Å². The van der Waals surface area contributed by atoms with E-state index < -0.39 is 12.1 Å². The van der Waals surface area contributed by atoms with Gasteiger partial charge < -0.3 is 15.5 Å². The van der Waals surface area contributed by atoms with Crippen LogP contribution in [0.1, 0.15) is 25.3 Å². The van der Waals surface area contributed by atoms with Crippen molar-refractivity contribution in [3.8, 4) is 0 Å². The van der Waals surface area contributed by atoms with Crippen LogP contribution in [0, 0.1) is 5.95 Å². The van der Waals surface area contributed by atoms with Gasteiger partial charge in [-0.25, -0.2) is 4.98 Å². The van der Waals surface area contributed by atoms with Gasteiger partial charge in [0.25, 0.3) is 0 Å². The van der Waals surface area contributed by atoms with Crippen molar-refractivity contribution in [2.24, 2.45) is 0 Å². The molecule has 1 saturated heterocycles. The second-order valence-electron chi connectivity index (χ2n) is 5.86. The van der Waals surface area contributed by atoms with Crippen molar-refractivity contribution in [3.05, 3.63) is 29.8 Å². The maximum atomic E-state index is 12.8. The molecule has 3 N–H and O–H groups in total. The Morgan fingerprint density at radius 3 is 2.91 bits per heavy atom. The quantitative estimate of drug-likeness (QED) is 0.619. The van der Waals surface area contributed by atoms with Crippen molar-refractivity contribution in [2.75, 3.05) is 19.7 Å². The molecule has 2 heterocycles. The Labute approximate surface area is 135 Å². The Balaban J connectivity index is 1.85. The normalized spacial score (nSPS) is 24.8. The van der Waals surface area contributed by atoms with Gasteiger partial charge in [0, 0.05) is 19.2 Å². The van der Waals surface area contributed by atoms with Gasteiger partial charge in [-0.15, -0.1) is 0 Å². The molecule has 3 atom stereocenters. The zero-order chi connectivity index (χ0) is 16.8. The Hall–Kier alpha value is -1.57. The molecule has 0 bridgehead atoms. The average molecular weight is 325 g/mol. The van der Waals surface area contributed by atoms with Crippen LogP contribution in [-0.2, 0) is 11.2 Å². The largest absolute Gasteiger partial charge is 0.395 e. The maximum Gasteiger partial charge on any atom is 0.220 e. The Bertz CT molecular complexity index is 512. The zero-order valence-corrected chi connectivity index (χ0v) is 13.3. The van der Waals surface area contributed by atoms with E-state index in [4.69, 9.17) is 0 Å². The van der Waals surface area contributed by atoms with Gasteiger partial charge in [0.2, 0.25) is 11.9 Å². The number of aliphatic hydroxyl groups is 2. The fourth-order valence-electron chi connectivity index (χ4n) is 2.94. The molecule has 0 saturated carbocycles. The van der Waals surface area contributed by atoms with Crippen LogP contribution in [0.5, 0.6) is 0 Å². The topological polar surface area (TPSA) is 85.7 Å². The van der Waals surface area contributed by atoms with Crippen LogP contribution < -0.4 is 5.32 Å². The summed E-state index contributed by atoms with van der Waals surface area (Å²) in [5.41, 5.74) is 0.947. The van der Waals surface area contributed by atoms with E-state index in [0.717, 1.165) is 18.4 Å². The minimum Gasteiger partial charge on any atom is -0.395 e. The van der Waals surface area contributed by atoms with Gasteiger partial charge in [0.15, 0.2) is 0 Å². The number of aliphatic hydroxyl groups excluding tert-OH is 2. The number of pyridine rings is 1. The Kier molecular flexibility index (Phi) is 6.44. The number of hydrogen-bond donors (Lipinski definition) is 3. The fourth-order valence-corrected chi connectivity index (χ4v) is 2.94. The lowest BCUT2D eigenvalue weighted by atomic mass is 10.1. The summed E-state index contributed by atoms with van der Waals surface area (Å²) in [5.74, 6) is -0.601. The Morgan fingerprint density at radius 1 is 1.52 bits per heavy atom. The summed E-state index contributed by atoms with van der Waals surface area (Å²) < 4.78 is 12.8. The number of nitrogens with one attached hydrogen (secondary N) is 1. The van der Waals surface area contributed by atoms with E-state index >= 15 is 0 Å².